The minimum Gasteiger partial charge on any atom is -0.349 e. The van der Waals surface area contributed by atoms with Crippen molar-refractivity contribution < 1.29 is 4.79 Å². The minimum absolute atomic E-state index is 0.0490. The van der Waals surface area contributed by atoms with Crippen LogP contribution in [0.15, 0.2) is 36.7 Å². The van der Waals surface area contributed by atoms with Crippen LogP contribution in [-0.2, 0) is 11.2 Å². The maximum absolute atomic E-state index is 12.0. The number of unbranched alkanes of at least 4 members (excludes halogenated alkanes) is 1. The van der Waals surface area contributed by atoms with Gasteiger partial charge in [-0.3, -0.25) is 9.78 Å². The van der Waals surface area contributed by atoms with E-state index in [-0.39, 0.29) is 17.9 Å². The third-order valence-electron chi connectivity index (χ3n) is 3.29. The molecule has 3 nitrogen and oxygen atoms in total. The Morgan fingerprint density at radius 1 is 1.39 bits per heavy atom. The molecule has 18 heavy (non-hydrogen) atoms. The number of carbonyl (C=O) groups is 1. The number of hydrogen-bond donors (Lipinski definition) is 1. The zero-order valence-corrected chi connectivity index (χ0v) is 10.8. The predicted octanol–water partition coefficient (Wildman–Crippen LogP) is 2.49. The number of hydrogen-bond acceptors (Lipinski definition) is 2. The molecule has 1 aliphatic heterocycles. The van der Waals surface area contributed by atoms with E-state index in [1.54, 1.807) is 6.20 Å². The van der Waals surface area contributed by atoms with E-state index >= 15 is 0 Å². The minimum atomic E-state index is -0.0490. The quantitative estimate of drug-likeness (QED) is 0.809. The summed E-state index contributed by atoms with van der Waals surface area (Å²) >= 11 is 0. The molecule has 1 aromatic heterocycles. The van der Waals surface area contributed by atoms with Crippen LogP contribution >= 0.6 is 0 Å². The summed E-state index contributed by atoms with van der Waals surface area (Å²) < 4.78 is 0. The van der Waals surface area contributed by atoms with Crippen molar-refractivity contribution in [1.29, 1.82) is 0 Å². The summed E-state index contributed by atoms with van der Waals surface area (Å²) in [4.78, 5) is 16.1. The maximum Gasteiger partial charge on any atom is 0.227 e. The highest BCUT2D eigenvalue weighted by molar-refractivity contribution is 5.82. The van der Waals surface area contributed by atoms with Gasteiger partial charge in [-0.1, -0.05) is 38.0 Å². The lowest BCUT2D eigenvalue weighted by Crippen LogP contribution is -2.41. The summed E-state index contributed by atoms with van der Waals surface area (Å²) in [5.74, 6) is 0.0922. The van der Waals surface area contributed by atoms with Gasteiger partial charge in [-0.25, -0.2) is 0 Å². The summed E-state index contributed by atoms with van der Waals surface area (Å²) in [5.41, 5.74) is 1.11. The molecule has 96 valence electrons. The molecule has 0 fully saturated rings. The van der Waals surface area contributed by atoms with E-state index in [1.807, 2.05) is 24.4 Å². The second kappa shape index (κ2) is 6.34. The fraction of sp³-hybridized carbons (Fsp3) is 0.467. The Hall–Kier alpha value is -1.64. The lowest BCUT2D eigenvalue weighted by atomic mass is 9.94. The SMILES string of the molecule is CCCC[C@H]1C=C[C@@H](Cc2cccnc2)C(=O)N1. The molecule has 0 aliphatic carbocycles. The molecule has 0 saturated carbocycles. The average molecular weight is 244 g/mol. The Balaban J connectivity index is 1.93. The van der Waals surface area contributed by atoms with Crippen molar-refractivity contribution in [3.63, 3.8) is 0 Å². The largest absolute Gasteiger partial charge is 0.349 e. The van der Waals surface area contributed by atoms with Crippen LogP contribution in [0.2, 0.25) is 0 Å². The fourth-order valence-corrected chi connectivity index (χ4v) is 2.22. The molecule has 1 aromatic rings. The lowest BCUT2D eigenvalue weighted by molar-refractivity contribution is -0.124. The van der Waals surface area contributed by atoms with Gasteiger partial charge >= 0.3 is 0 Å². The molecule has 2 heterocycles. The van der Waals surface area contributed by atoms with Crippen LogP contribution in [0.4, 0.5) is 0 Å². The first-order chi connectivity index (χ1) is 8.79. The summed E-state index contributed by atoms with van der Waals surface area (Å²) in [5, 5.41) is 3.08. The zero-order valence-electron chi connectivity index (χ0n) is 10.8. The van der Waals surface area contributed by atoms with Crippen LogP contribution in [0.25, 0.3) is 0 Å². The van der Waals surface area contributed by atoms with Crippen molar-refractivity contribution in [3.8, 4) is 0 Å². The third-order valence-corrected chi connectivity index (χ3v) is 3.29. The first kappa shape index (κ1) is 12.8. The topological polar surface area (TPSA) is 42.0 Å². The normalized spacial score (nSPS) is 22.8. The number of nitrogens with zero attached hydrogens (tertiary/aromatic N) is 1. The average Bonchev–Trinajstić information content (AvgIpc) is 2.40. The molecular formula is C15H20N2O. The molecule has 2 rings (SSSR count). The highest BCUT2D eigenvalue weighted by atomic mass is 16.2. The summed E-state index contributed by atoms with van der Waals surface area (Å²) in [6.45, 7) is 2.17. The third kappa shape index (κ3) is 3.42. The van der Waals surface area contributed by atoms with Crippen molar-refractivity contribution in [1.82, 2.24) is 10.3 Å². The van der Waals surface area contributed by atoms with Crippen molar-refractivity contribution in [2.75, 3.05) is 0 Å². The van der Waals surface area contributed by atoms with Crippen LogP contribution < -0.4 is 5.32 Å². The van der Waals surface area contributed by atoms with Crippen molar-refractivity contribution in [2.24, 2.45) is 5.92 Å². The Morgan fingerprint density at radius 3 is 2.94 bits per heavy atom. The van der Waals surface area contributed by atoms with E-state index in [2.05, 4.69) is 23.3 Å². The van der Waals surface area contributed by atoms with Crippen LogP contribution in [0.1, 0.15) is 31.7 Å². The Bertz CT molecular complexity index is 414. The van der Waals surface area contributed by atoms with Crippen LogP contribution in [-0.4, -0.2) is 16.9 Å². The molecule has 1 N–H and O–H groups in total. The Labute approximate surface area is 108 Å². The van der Waals surface area contributed by atoms with E-state index < -0.39 is 0 Å². The van der Waals surface area contributed by atoms with Gasteiger partial charge in [-0.2, -0.15) is 0 Å². The van der Waals surface area contributed by atoms with Crippen molar-refractivity contribution in [3.05, 3.63) is 42.2 Å². The number of rotatable bonds is 5. The summed E-state index contributed by atoms with van der Waals surface area (Å²) in [6.07, 6.45) is 11.9. The molecule has 0 saturated heterocycles. The molecule has 2 atom stereocenters. The van der Waals surface area contributed by atoms with E-state index in [0.717, 1.165) is 24.8 Å². The number of pyridine rings is 1. The van der Waals surface area contributed by atoms with Crippen molar-refractivity contribution >= 4 is 5.91 Å². The van der Waals surface area contributed by atoms with Crippen molar-refractivity contribution in [2.45, 2.75) is 38.6 Å². The summed E-state index contributed by atoms with van der Waals surface area (Å²) in [6, 6.07) is 4.14. The smallest absolute Gasteiger partial charge is 0.227 e. The fourth-order valence-electron chi connectivity index (χ4n) is 2.22. The molecule has 0 unspecified atom stereocenters. The molecule has 1 aliphatic rings. The van der Waals surface area contributed by atoms with Gasteiger partial charge in [0.05, 0.1) is 5.92 Å². The van der Waals surface area contributed by atoms with Crippen LogP contribution in [0, 0.1) is 5.92 Å². The zero-order chi connectivity index (χ0) is 12.8. The van der Waals surface area contributed by atoms with Gasteiger partial charge in [-0.15, -0.1) is 0 Å². The second-order valence-corrected chi connectivity index (χ2v) is 4.81. The summed E-state index contributed by atoms with van der Waals surface area (Å²) in [7, 11) is 0. The molecular weight excluding hydrogens is 224 g/mol. The molecule has 0 radical (unpaired) electrons. The van der Waals surface area contributed by atoms with Crippen LogP contribution in [0.3, 0.4) is 0 Å². The molecule has 1 amide bonds. The van der Waals surface area contributed by atoms with Gasteiger partial charge < -0.3 is 5.32 Å². The highest BCUT2D eigenvalue weighted by Gasteiger charge is 2.22. The predicted molar refractivity (Wildman–Crippen MR) is 72.0 cm³/mol. The van der Waals surface area contributed by atoms with E-state index in [1.165, 1.54) is 6.42 Å². The number of nitrogens with one attached hydrogen (secondary N) is 1. The molecule has 3 heteroatoms. The number of aromatic nitrogens is 1. The van der Waals surface area contributed by atoms with Gasteiger partial charge in [0.2, 0.25) is 5.91 Å². The van der Waals surface area contributed by atoms with Crippen LogP contribution in [0.5, 0.6) is 0 Å². The molecule has 0 aromatic carbocycles. The highest BCUT2D eigenvalue weighted by Crippen LogP contribution is 2.16. The second-order valence-electron chi connectivity index (χ2n) is 4.81. The van der Waals surface area contributed by atoms with Gasteiger partial charge in [0.15, 0.2) is 0 Å². The molecule has 0 bridgehead atoms. The maximum atomic E-state index is 12.0. The Morgan fingerprint density at radius 2 is 2.28 bits per heavy atom. The van der Waals surface area contributed by atoms with Gasteiger partial charge in [0.25, 0.3) is 0 Å². The van der Waals surface area contributed by atoms with E-state index in [9.17, 15) is 4.79 Å². The van der Waals surface area contributed by atoms with Gasteiger partial charge in [0, 0.05) is 18.4 Å². The van der Waals surface area contributed by atoms with Gasteiger partial charge in [-0.05, 0) is 24.5 Å². The molecule has 0 spiro atoms. The van der Waals surface area contributed by atoms with Gasteiger partial charge in [0.1, 0.15) is 0 Å². The standard InChI is InChI=1S/C15H20N2O/c1-2-3-6-14-8-7-13(15(18)17-14)10-12-5-4-9-16-11-12/h4-5,7-9,11,13-14H,2-3,6,10H2,1H3,(H,17,18)/t13-,14-/m0/s1. The number of amides is 1. The Kier molecular flexibility index (Phi) is 4.51. The number of carbonyl (C=O) groups excluding carboxylic acids is 1. The first-order valence-corrected chi connectivity index (χ1v) is 6.67. The monoisotopic (exact) mass is 244 g/mol. The van der Waals surface area contributed by atoms with E-state index in [4.69, 9.17) is 0 Å². The lowest BCUT2D eigenvalue weighted by Gasteiger charge is -2.24. The first-order valence-electron chi connectivity index (χ1n) is 6.67. The van der Waals surface area contributed by atoms with E-state index in [0.29, 0.717) is 0 Å².